The number of amides is 1. The van der Waals surface area contributed by atoms with Gasteiger partial charge in [-0.1, -0.05) is 0 Å². The van der Waals surface area contributed by atoms with E-state index in [1.54, 1.807) is 4.90 Å². The molecule has 0 aromatic carbocycles. The van der Waals surface area contributed by atoms with Crippen LogP contribution in [-0.2, 0) is 9.59 Å². The zero-order valence-electron chi connectivity index (χ0n) is 10.2. The summed E-state index contributed by atoms with van der Waals surface area (Å²) in [6.07, 6.45) is -0.111. The smallest absolute Gasteiger partial charge is 0.321 e. The fraction of sp³-hybridized carbons (Fsp3) is 0.818. The first kappa shape index (κ1) is 13.9. The van der Waals surface area contributed by atoms with E-state index in [-0.39, 0.29) is 24.8 Å². The van der Waals surface area contributed by atoms with Crippen LogP contribution >= 0.6 is 0 Å². The second-order valence-electron chi connectivity index (χ2n) is 4.71. The van der Waals surface area contributed by atoms with Crippen LogP contribution in [0, 0.1) is 0 Å². The second kappa shape index (κ2) is 5.97. The molecule has 2 unspecified atom stereocenters. The minimum Gasteiger partial charge on any atom is -0.480 e. The number of aliphatic hydroxyl groups excluding tert-OH is 1. The van der Waals surface area contributed by atoms with Crippen LogP contribution in [0.4, 0.5) is 0 Å². The Morgan fingerprint density at radius 1 is 1.47 bits per heavy atom. The molecule has 1 fully saturated rings. The summed E-state index contributed by atoms with van der Waals surface area (Å²) >= 11 is 0. The minimum absolute atomic E-state index is 0.0851. The lowest BCUT2D eigenvalue weighted by Crippen LogP contribution is -2.39. The van der Waals surface area contributed by atoms with Gasteiger partial charge in [-0.15, -0.1) is 0 Å². The van der Waals surface area contributed by atoms with E-state index < -0.39 is 18.1 Å². The van der Waals surface area contributed by atoms with Crippen LogP contribution in [0.5, 0.6) is 0 Å². The molecule has 1 amide bonds. The molecule has 6 heteroatoms. The molecule has 1 heterocycles. The predicted octanol–water partition coefficient (Wildman–Crippen LogP) is -0.579. The molecule has 0 aromatic rings. The molecule has 0 aliphatic carbocycles. The number of aliphatic carboxylic acids is 1. The Morgan fingerprint density at radius 2 is 2.12 bits per heavy atom. The normalized spacial score (nSPS) is 25.2. The van der Waals surface area contributed by atoms with Crippen LogP contribution < -0.4 is 5.32 Å². The van der Waals surface area contributed by atoms with Crippen LogP contribution in [0.1, 0.15) is 26.7 Å². The zero-order chi connectivity index (χ0) is 13.0. The maximum Gasteiger partial charge on any atom is 0.321 e. The average molecular weight is 244 g/mol. The summed E-state index contributed by atoms with van der Waals surface area (Å²) in [7, 11) is 0. The Labute approximate surface area is 101 Å². The molecular formula is C11H20N2O4. The molecule has 3 N–H and O–H groups in total. The Hall–Kier alpha value is -1.14. The third-order valence-electron chi connectivity index (χ3n) is 2.74. The number of nitrogens with zero attached hydrogens (tertiary/aromatic N) is 1. The van der Waals surface area contributed by atoms with E-state index in [1.807, 2.05) is 13.8 Å². The lowest BCUT2D eigenvalue weighted by molar-refractivity contribution is -0.142. The fourth-order valence-electron chi connectivity index (χ4n) is 2.02. The van der Waals surface area contributed by atoms with E-state index in [4.69, 9.17) is 5.11 Å². The maximum atomic E-state index is 11.4. The van der Waals surface area contributed by atoms with E-state index in [1.165, 1.54) is 0 Å². The standard InChI is InChI=1S/C11H20N2O4/c1-7(2)12-10(15)3-4-13-6-8(14)5-9(13)11(16)17/h7-9,14H,3-6H2,1-2H3,(H,12,15)(H,16,17). The number of carbonyl (C=O) groups excluding carboxylic acids is 1. The van der Waals surface area contributed by atoms with Crippen LogP contribution in [0.25, 0.3) is 0 Å². The van der Waals surface area contributed by atoms with Gasteiger partial charge in [0, 0.05) is 32.0 Å². The van der Waals surface area contributed by atoms with Crippen LogP contribution in [0.15, 0.2) is 0 Å². The third kappa shape index (κ3) is 4.32. The molecule has 1 aliphatic heterocycles. The molecule has 17 heavy (non-hydrogen) atoms. The lowest BCUT2D eigenvalue weighted by Gasteiger charge is -2.20. The van der Waals surface area contributed by atoms with Crippen molar-refractivity contribution in [3.63, 3.8) is 0 Å². The molecule has 0 saturated carbocycles. The van der Waals surface area contributed by atoms with Gasteiger partial charge in [0.05, 0.1) is 6.10 Å². The molecule has 0 radical (unpaired) electrons. The highest BCUT2D eigenvalue weighted by Crippen LogP contribution is 2.18. The number of carboxylic acid groups (broad SMARTS) is 1. The van der Waals surface area contributed by atoms with Crippen molar-refractivity contribution in [1.82, 2.24) is 10.2 Å². The van der Waals surface area contributed by atoms with Crippen molar-refractivity contribution in [2.75, 3.05) is 13.1 Å². The first-order chi connectivity index (χ1) is 7.90. The molecule has 98 valence electrons. The number of carboxylic acids is 1. The van der Waals surface area contributed by atoms with Gasteiger partial charge in [0.15, 0.2) is 0 Å². The molecule has 0 bridgehead atoms. The SMILES string of the molecule is CC(C)NC(=O)CCN1CC(O)CC1C(=O)O. The van der Waals surface area contributed by atoms with E-state index >= 15 is 0 Å². The number of likely N-dealkylation sites (tertiary alicyclic amines) is 1. The molecule has 1 aliphatic rings. The number of β-amino-alcohol motifs (C(OH)–C–C–N with tert-alkyl or cyclic N) is 1. The Bertz CT molecular complexity index is 293. The monoisotopic (exact) mass is 244 g/mol. The minimum atomic E-state index is -0.939. The molecule has 0 spiro atoms. The first-order valence-electron chi connectivity index (χ1n) is 5.84. The summed E-state index contributed by atoms with van der Waals surface area (Å²) in [6, 6.07) is -0.584. The number of nitrogens with one attached hydrogen (secondary N) is 1. The highest BCUT2D eigenvalue weighted by molar-refractivity contribution is 5.77. The summed E-state index contributed by atoms with van der Waals surface area (Å²) in [4.78, 5) is 24.0. The van der Waals surface area contributed by atoms with Crippen molar-refractivity contribution in [3.8, 4) is 0 Å². The lowest BCUT2D eigenvalue weighted by atomic mass is 10.2. The Balaban J connectivity index is 2.40. The molecule has 1 saturated heterocycles. The van der Waals surface area contributed by atoms with Crippen molar-refractivity contribution in [1.29, 1.82) is 0 Å². The summed E-state index contributed by atoms with van der Waals surface area (Å²) < 4.78 is 0. The second-order valence-corrected chi connectivity index (χ2v) is 4.71. The van der Waals surface area contributed by atoms with Gasteiger partial charge in [-0.05, 0) is 13.8 Å². The number of rotatable bonds is 5. The maximum absolute atomic E-state index is 11.4. The Kier molecular flexibility index (Phi) is 4.89. The van der Waals surface area contributed by atoms with Gasteiger partial charge in [-0.3, -0.25) is 14.5 Å². The van der Waals surface area contributed by atoms with Crippen molar-refractivity contribution < 1.29 is 19.8 Å². The molecule has 2 atom stereocenters. The van der Waals surface area contributed by atoms with E-state index in [2.05, 4.69) is 5.32 Å². The van der Waals surface area contributed by atoms with Crippen LogP contribution in [-0.4, -0.2) is 58.3 Å². The average Bonchev–Trinajstić information content (AvgIpc) is 2.55. The van der Waals surface area contributed by atoms with Crippen molar-refractivity contribution in [2.24, 2.45) is 0 Å². The van der Waals surface area contributed by atoms with Crippen LogP contribution in [0.3, 0.4) is 0 Å². The van der Waals surface area contributed by atoms with Gasteiger partial charge >= 0.3 is 5.97 Å². The summed E-state index contributed by atoms with van der Waals surface area (Å²) in [5.74, 6) is -1.03. The summed E-state index contributed by atoms with van der Waals surface area (Å²) in [5, 5.41) is 21.1. The van der Waals surface area contributed by atoms with E-state index in [0.717, 1.165) is 0 Å². The highest BCUT2D eigenvalue weighted by atomic mass is 16.4. The topological polar surface area (TPSA) is 89.9 Å². The van der Waals surface area contributed by atoms with Crippen molar-refractivity contribution >= 4 is 11.9 Å². The molecule has 0 aromatic heterocycles. The largest absolute Gasteiger partial charge is 0.480 e. The van der Waals surface area contributed by atoms with Crippen LogP contribution in [0.2, 0.25) is 0 Å². The van der Waals surface area contributed by atoms with Gasteiger partial charge in [-0.2, -0.15) is 0 Å². The van der Waals surface area contributed by atoms with Gasteiger partial charge in [0.25, 0.3) is 0 Å². The Morgan fingerprint density at radius 3 is 2.65 bits per heavy atom. The summed E-state index contributed by atoms with van der Waals surface area (Å²) in [5.41, 5.74) is 0. The number of aliphatic hydroxyl groups is 1. The quantitative estimate of drug-likeness (QED) is 0.602. The van der Waals surface area contributed by atoms with Gasteiger partial charge in [-0.25, -0.2) is 0 Å². The molecule has 6 nitrogen and oxygen atoms in total. The number of hydrogen-bond donors (Lipinski definition) is 3. The fourth-order valence-corrected chi connectivity index (χ4v) is 2.02. The number of hydrogen-bond acceptors (Lipinski definition) is 4. The van der Waals surface area contributed by atoms with E-state index in [9.17, 15) is 14.7 Å². The van der Waals surface area contributed by atoms with E-state index in [0.29, 0.717) is 13.1 Å². The van der Waals surface area contributed by atoms with Gasteiger partial charge in [0.2, 0.25) is 5.91 Å². The third-order valence-corrected chi connectivity index (χ3v) is 2.74. The zero-order valence-corrected chi connectivity index (χ0v) is 10.2. The number of carbonyl (C=O) groups is 2. The first-order valence-corrected chi connectivity index (χ1v) is 5.84. The van der Waals surface area contributed by atoms with Crippen molar-refractivity contribution in [2.45, 2.75) is 44.9 Å². The summed E-state index contributed by atoms with van der Waals surface area (Å²) in [6.45, 7) is 4.44. The molecule has 1 rings (SSSR count). The highest BCUT2D eigenvalue weighted by Gasteiger charge is 2.35. The van der Waals surface area contributed by atoms with Gasteiger partial charge < -0.3 is 15.5 Å². The molecular weight excluding hydrogens is 224 g/mol. The van der Waals surface area contributed by atoms with Crippen molar-refractivity contribution in [3.05, 3.63) is 0 Å². The predicted molar refractivity (Wildman–Crippen MR) is 61.5 cm³/mol. The van der Waals surface area contributed by atoms with Gasteiger partial charge in [0.1, 0.15) is 6.04 Å².